The Kier molecular flexibility index (Phi) is 10.0. The van der Waals surface area contributed by atoms with E-state index in [0.29, 0.717) is 22.1 Å². The first-order valence-corrected chi connectivity index (χ1v) is 16.2. The first-order chi connectivity index (χ1) is 22.4. The third kappa shape index (κ3) is 7.50. The smallest absolute Gasteiger partial charge is 0.471 e. The van der Waals surface area contributed by atoms with Crippen LogP contribution in [0.2, 0.25) is 0 Å². The molecular formula is C26H22F3N9O6S3. The van der Waals surface area contributed by atoms with Crippen molar-refractivity contribution in [3.05, 3.63) is 47.0 Å². The molecule has 21 heteroatoms. The Labute approximate surface area is 275 Å². The van der Waals surface area contributed by atoms with Crippen LogP contribution >= 0.6 is 34.9 Å². The van der Waals surface area contributed by atoms with Crippen LogP contribution in [0, 0.1) is 17.8 Å². The van der Waals surface area contributed by atoms with Gasteiger partial charge >= 0.3 is 18.1 Å². The highest BCUT2D eigenvalue weighted by Crippen LogP contribution is 2.44. The average Bonchev–Trinajstić information content (AvgIpc) is 3.70. The number of aromatic nitrogens is 5. The van der Waals surface area contributed by atoms with Crippen molar-refractivity contribution in [1.29, 1.82) is 0 Å². The quantitative estimate of drug-likeness (QED) is 0.0807. The molecule has 1 aromatic carbocycles. The Hall–Kier alpha value is -4.68. The Bertz CT molecular complexity index is 1750. The van der Waals surface area contributed by atoms with E-state index in [9.17, 15) is 37.5 Å². The van der Waals surface area contributed by atoms with Gasteiger partial charge in [-0.05, 0) is 16.0 Å². The van der Waals surface area contributed by atoms with Crippen molar-refractivity contribution in [3.8, 4) is 12.3 Å². The van der Waals surface area contributed by atoms with Crippen LogP contribution in [0.5, 0.6) is 0 Å². The normalized spacial score (nSPS) is 20.9. The Balaban J connectivity index is 1.28. The SMILES string of the molecule is C#CCn1nnnc1SCC1(C(=O)O)CS[C@@H]2C(NC(=O)C(=NOCc3ccccc3)c3csc(NC(=O)C(F)(F)F)n3)C(=O)N2C1. The van der Waals surface area contributed by atoms with Crippen LogP contribution in [0.3, 0.4) is 0 Å². The lowest BCUT2D eigenvalue weighted by molar-refractivity contribution is -0.167. The number of tetrazole rings is 1. The second-order valence-corrected chi connectivity index (χ2v) is 12.9. The Morgan fingerprint density at radius 1 is 1.28 bits per heavy atom. The number of benzene rings is 1. The topological polar surface area (TPSA) is 194 Å². The van der Waals surface area contributed by atoms with E-state index in [1.54, 1.807) is 35.6 Å². The van der Waals surface area contributed by atoms with E-state index in [1.807, 2.05) is 0 Å². The summed E-state index contributed by atoms with van der Waals surface area (Å²) in [6.45, 7) is -0.131. The molecule has 2 saturated heterocycles. The summed E-state index contributed by atoms with van der Waals surface area (Å²) in [5.74, 6) is -2.35. The second kappa shape index (κ2) is 14.0. The third-order valence-corrected chi connectivity index (χ3v) is 10.4. The van der Waals surface area contributed by atoms with Gasteiger partial charge < -0.3 is 20.2 Å². The summed E-state index contributed by atoms with van der Waals surface area (Å²) in [4.78, 5) is 60.9. The largest absolute Gasteiger partial charge is 0.481 e. The number of terminal acetylenes is 1. The highest BCUT2D eigenvalue weighted by molar-refractivity contribution is 8.00. The van der Waals surface area contributed by atoms with Gasteiger partial charge in [-0.3, -0.25) is 24.5 Å². The molecule has 3 amide bonds. The van der Waals surface area contributed by atoms with Crippen molar-refractivity contribution in [2.45, 2.75) is 35.9 Å². The number of hydrogen-bond acceptors (Lipinski definition) is 13. The van der Waals surface area contributed by atoms with Crippen molar-refractivity contribution in [1.82, 2.24) is 35.4 Å². The summed E-state index contributed by atoms with van der Waals surface area (Å²) in [7, 11) is 0. The number of carbonyl (C=O) groups is 4. The Morgan fingerprint density at radius 2 is 2.04 bits per heavy atom. The predicted molar refractivity (Wildman–Crippen MR) is 162 cm³/mol. The minimum Gasteiger partial charge on any atom is -0.481 e. The molecule has 2 unspecified atom stereocenters. The van der Waals surface area contributed by atoms with Gasteiger partial charge in [-0.25, -0.2) is 9.67 Å². The zero-order valence-corrected chi connectivity index (χ0v) is 26.2. The number of β-lactam (4-membered cyclic amide) rings is 1. The minimum absolute atomic E-state index is 0.0282. The molecule has 4 heterocycles. The van der Waals surface area contributed by atoms with Crippen LogP contribution in [0.15, 0.2) is 46.0 Å². The summed E-state index contributed by atoms with van der Waals surface area (Å²) in [5, 5.41) is 29.8. The van der Waals surface area contributed by atoms with Crippen LogP contribution in [0.1, 0.15) is 11.3 Å². The molecule has 3 atom stereocenters. The first kappa shape index (κ1) is 33.7. The lowest BCUT2D eigenvalue weighted by atomic mass is 9.89. The molecule has 2 aromatic heterocycles. The molecule has 5 rings (SSSR count). The number of alkyl halides is 3. The summed E-state index contributed by atoms with van der Waals surface area (Å²) in [6.07, 6.45) is 0.157. The Morgan fingerprint density at radius 3 is 2.74 bits per heavy atom. The van der Waals surface area contributed by atoms with E-state index < -0.39 is 57.5 Å². The van der Waals surface area contributed by atoms with E-state index in [-0.39, 0.29) is 36.9 Å². The zero-order valence-electron chi connectivity index (χ0n) is 23.7. The first-order valence-electron chi connectivity index (χ1n) is 13.3. The molecule has 15 nitrogen and oxygen atoms in total. The van der Waals surface area contributed by atoms with Crippen LogP contribution in [-0.2, 0) is 37.2 Å². The monoisotopic (exact) mass is 709 g/mol. The fourth-order valence-corrected chi connectivity index (χ4v) is 7.79. The second-order valence-electron chi connectivity index (χ2n) is 10.0. The van der Waals surface area contributed by atoms with E-state index in [1.165, 1.54) is 15.0 Å². The highest BCUT2D eigenvalue weighted by atomic mass is 32.2. The number of nitrogens with zero attached hydrogens (tertiary/aromatic N) is 7. The number of carboxylic acid groups (broad SMARTS) is 1. The number of oxime groups is 1. The summed E-state index contributed by atoms with van der Waals surface area (Å²) >= 11 is 2.86. The molecule has 47 heavy (non-hydrogen) atoms. The van der Waals surface area contributed by atoms with Gasteiger partial charge in [0.2, 0.25) is 11.1 Å². The van der Waals surface area contributed by atoms with Gasteiger partial charge in [0, 0.05) is 23.4 Å². The maximum atomic E-state index is 13.4. The number of amides is 3. The molecule has 2 fully saturated rings. The number of hydrogen-bond donors (Lipinski definition) is 3. The molecule has 0 bridgehead atoms. The molecule has 0 aliphatic carbocycles. The van der Waals surface area contributed by atoms with Crippen molar-refractivity contribution in [2.75, 3.05) is 23.4 Å². The molecule has 2 aliphatic rings. The predicted octanol–water partition coefficient (Wildman–Crippen LogP) is 1.45. The van der Waals surface area contributed by atoms with Gasteiger partial charge in [0.25, 0.3) is 5.91 Å². The number of fused-ring (bicyclic) bond motifs is 1. The number of carbonyl (C=O) groups excluding carboxylic acids is 3. The van der Waals surface area contributed by atoms with Crippen LogP contribution in [0.4, 0.5) is 18.3 Å². The molecule has 3 N–H and O–H groups in total. The zero-order chi connectivity index (χ0) is 33.8. The molecule has 0 spiro atoms. The lowest BCUT2D eigenvalue weighted by Gasteiger charge is -2.53. The number of anilines is 1. The van der Waals surface area contributed by atoms with Gasteiger partial charge in [-0.15, -0.1) is 34.6 Å². The van der Waals surface area contributed by atoms with Gasteiger partial charge in [-0.1, -0.05) is 53.2 Å². The van der Waals surface area contributed by atoms with E-state index in [0.717, 1.165) is 23.5 Å². The molecule has 2 aliphatic heterocycles. The van der Waals surface area contributed by atoms with E-state index in [2.05, 4.69) is 36.9 Å². The number of carboxylic acids is 1. The number of rotatable bonds is 12. The van der Waals surface area contributed by atoms with E-state index in [4.69, 9.17) is 11.3 Å². The maximum absolute atomic E-state index is 13.4. The number of aliphatic carboxylic acids is 1. The van der Waals surface area contributed by atoms with Crippen molar-refractivity contribution < 1.29 is 42.3 Å². The van der Waals surface area contributed by atoms with Gasteiger partial charge in [0.15, 0.2) is 10.8 Å². The summed E-state index contributed by atoms with van der Waals surface area (Å²) in [5.41, 5.74) is -1.34. The summed E-state index contributed by atoms with van der Waals surface area (Å²) < 4.78 is 39.5. The van der Waals surface area contributed by atoms with Crippen LogP contribution in [-0.4, -0.2) is 100 Å². The van der Waals surface area contributed by atoms with Crippen molar-refractivity contribution >= 4 is 69.4 Å². The molecule has 3 aromatic rings. The van der Waals surface area contributed by atoms with Gasteiger partial charge in [-0.2, -0.15) is 13.2 Å². The van der Waals surface area contributed by atoms with Crippen molar-refractivity contribution in [2.24, 2.45) is 10.6 Å². The highest BCUT2D eigenvalue weighted by Gasteiger charge is 2.57. The van der Waals surface area contributed by atoms with Crippen LogP contribution < -0.4 is 10.6 Å². The molecule has 0 radical (unpaired) electrons. The fraction of sp³-hybridized carbons (Fsp3) is 0.346. The standard InChI is InChI=1S/C26H22F3N9O6S3/c1-2-8-38-24(33-35-36-38)47-13-25(22(42)43)11-37-19(40)17(20(37)46-12-25)31-18(39)16(34-44-9-14-6-4-3-5-7-14)15-10-45-23(30-15)32-21(41)26(27,28)29/h1,3-7,10,17,20H,8-9,11-13H2,(H,31,39)(H,42,43)(H,30,32,41)/t17?,20-,25?/m1/s1. The van der Waals surface area contributed by atoms with Crippen LogP contribution in [0.25, 0.3) is 0 Å². The maximum Gasteiger partial charge on any atom is 0.471 e. The van der Waals surface area contributed by atoms with E-state index >= 15 is 0 Å². The van der Waals surface area contributed by atoms with Crippen molar-refractivity contribution in [3.63, 3.8) is 0 Å². The number of thiazole rings is 1. The molecule has 0 saturated carbocycles. The molecule has 246 valence electrons. The van der Waals surface area contributed by atoms with Gasteiger partial charge in [0.05, 0.1) is 0 Å². The number of halogens is 3. The fourth-order valence-electron chi connectivity index (χ4n) is 4.36. The van der Waals surface area contributed by atoms with Gasteiger partial charge in [0.1, 0.15) is 35.7 Å². The summed E-state index contributed by atoms with van der Waals surface area (Å²) in [6, 6.07) is 7.69. The average molecular weight is 710 g/mol. The number of nitrogens with one attached hydrogen (secondary N) is 2. The molecular weight excluding hydrogens is 688 g/mol. The third-order valence-electron chi connectivity index (χ3n) is 6.77. The number of thioether (sulfide) groups is 2. The lowest BCUT2D eigenvalue weighted by Crippen LogP contribution is -2.74. The minimum atomic E-state index is -5.16.